The molecule has 0 aliphatic carbocycles. The Hall–Kier alpha value is -3.56. The van der Waals surface area contributed by atoms with Crippen molar-refractivity contribution < 1.29 is 18.4 Å². The van der Waals surface area contributed by atoms with Crippen LogP contribution in [0.2, 0.25) is 10.1 Å². The molecule has 0 atom stereocenters. The lowest BCUT2D eigenvalue weighted by molar-refractivity contribution is -0.152. The van der Waals surface area contributed by atoms with Crippen molar-refractivity contribution in [3.8, 4) is 0 Å². The predicted octanol–water partition coefficient (Wildman–Crippen LogP) is 9.50. The first-order valence-corrected chi connectivity index (χ1v) is 23.6. The summed E-state index contributed by atoms with van der Waals surface area (Å²) in [5.74, 6) is -0.243. The van der Waals surface area contributed by atoms with Crippen LogP contribution in [0.4, 0.5) is 0 Å². The zero-order valence-electron chi connectivity index (χ0n) is 33.3. The highest BCUT2D eigenvalue weighted by Crippen LogP contribution is 2.42. The van der Waals surface area contributed by atoms with Crippen LogP contribution in [0.15, 0.2) is 133 Å². The molecule has 5 rings (SSSR count). The fraction of sp³-hybridized carbons (Fsp3) is 0.426. The van der Waals surface area contributed by atoms with E-state index in [9.17, 15) is 4.79 Å². The number of carbonyl (C=O) groups excluding carboxylic acids is 1. The Morgan fingerprint density at radius 1 is 0.585 bits per heavy atom. The minimum Gasteiger partial charge on any atom is -0.451 e. The Kier molecular flexibility index (Phi) is 13.6. The number of hydrogen-bond donors (Lipinski definition) is 0. The van der Waals surface area contributed by atoms with Gasteiger partial charge in [-0.3, -0.25) is 0 Å². The maximum Gasteiger partial charge on any atom is 0.334 e. The van der Waals surface area contributed by atoms with Crippen LogP contribution < -0.4 is 20.7 Å². The van der Waals surface area contributed by atoms with Crippen LogP contribution in [0.5, 0.6) is 0 Å². The summed E-state index contributed by atoms with van der Waals surface area (Å²) in [5.41, 5.74) is -0.250. The quantitative estimate of drug-likeness (QED) is 0.0468. The lowest BCUT2D eigenvalue weighted by atomic mass is 9.98. The lowest BCUT2D eigenvalue weighted by Gasteiger charge is -2.46. The molecule has 282 valence electrons. The molecular weight excluding hydrogens is 685 g/mol. The number of ether oxygens (including phenoxy) is 1. The van der Waals surface area contributed by atoms with E-state index in [1.165, 1.54) is 52.9 Å². The summed E-state index contributed by atoms with van der Waals surface area (Å²) in [4.78, 5) is 13.9. The Morgan fingerprint density at radius 2 is 0.943 bits per heavy atom. The van der Waals surface area contributed by atoms with Crippen molar-refractivity contribution >= 4 is 43.4 Å². The molecule has 0 saturated carbocycles. The van der Waals surface area contributed by atoms with Gasteiger partial charge in [0, 0.05) is 12.0 Å². The molecule has 0 radical (unpaired) electrons. The van der Waals surface area contributed by atoms with Gasteiger partial charge < -0.3 is 13.6 Å². The third-order valence-corrected chi connectivity index (χ3v) is 20.9. The Bertz CT molecular complexity index is 1560. The van der Waals surface area contributed by atoms with Crippen molar-refractivity contribution in [3.63, 3.8) is 0 Å². The second-order valence-electron chi connectivity index (χ2n) is 16.9. The van der Waals surface area contributed by atoms with Gasteiger partial charge in [0.1, 0.15) is 0 Å². The van der Waals surface area contributed by atoms with E-state index in [1.807, 2.05) is 0 Å². The van der Waals surface area contributed by atoms with Crippen LogP contribution in [0.25, 0.3) is 0 Å². The maximum atomic E-state index is 13.9. The highest BCUT2D eigenvalue weighted by Gasteiger charge is 2.56. The zero-order valence-corrected chi connectivity index (χ0v) is 35.3. The third-order valence-electron chi connectivity index (χ3n) is 11.0. The van der Waals surface area contributed by atoms with Crippen LogP contribution in [0.3, 0.4) is 0 Å². The summed E-state index contributed by atoms with van der Waals surface area (Å²) in [6.07, 6.45) is 10.8. The van der Waals surface area contributed by atoms with Gasteiger partial charge >= 0.3 is 5.97 Å². The van der Waals surface area contributed by atoms with Crippen molar-refractivity contribution in [1.82, 2.24) is 0 Å². The molecule has 1 aliphatic rings. The van der Waals surface area contributed by atoms with Gasteiger partial charge in [0.2, 0.25) is 0 Å². The number of esters is 1. The Balaban J connectivity index is 1.58. The predicted molar refractivity (Wildman–Crippen MR) is 227 cm³/mol. The zero-order chi connectivity index (χ0) is 38.0. The molecule has 53 heavy (non-hydrogen) atoms. The molecule has 1 aliphatic heterocycles. The van der Waals surface area contributed by atoms with Gasteiger partial charge in [0.25, 0.3) is 16.6 Å². The lowest BCUT2D eigenvalue weighted by Crippen LogP contribution is -2.69. The molecule has 4 nitrogen and oxygen atoms in total. The summed E-state index contributed by atoms with van der Waals surface area (Å²) in [5, 5.41) is 4.34. The smallest absolute Gasteiger partial charge is 0.334 e. The topological polar surface area (TPSA) is 44.8 Å². The number of unbranched alkanes of at least 4 members (excludes halogenated alkanes) is 6. The molecule has 1 fully saturated rings. The molecule has 0 bridgehead atoms. The second-order valence-corrected chi connectivity index (χ2v) is 25.6. The van der Waals surface area contributed by atoms with E-state index in [0.717, 1.165) is 18.4 Å². The van der Waals surface area contributed by atoms with Gasteiger partial charge in [0.15, 0.2) is 5.60 Å². The van der Waals surface area contributed by atoms with Gasteiger partial charge in [-0.25, -0.2) is 4.79 Å². The van der Waals surface area contributed by atoms with Gasteiger partial charge in [0.05, 0.1) is 13.2 Å². The third kappa shape index (κ3) is 9.05. The molecule has 0 amide bonds. The van der Waals surface area contributed by atoms with Gasteiger partial charge in [-0.2, -0.15) is 0 Å². The van der Waals surface area contributed by atoms with E-state index >= 15 is 0 Å². The molecule has 0 aromatic heterocycles. The van der Waals surface area contributed by atoms with Crippen LogP contribution in [-0.2, 0) is 18.4 Å². The number of carbonyl (C=O) groups is 1. The van der Waals surface area contributed by atoms with E-state index < -0.39 is 22.2 Å². The number of benzene rings is 4. The summed E-state index contributed by atoms with van der Waals surface area (Å²) in [6, 6.07) is 42.8. The van der Waals surface area contributed by atoms with E-state index in [0.29, 0.717) is 6.42 Å². The minimum absolute atomic E-state index is 0.227. The largest absolute Gasteiger partial charge is 0.451 e. The van der Waals surface area contributed by atoms with Crippen LogP contribution in [0.1, 0.15) is 99.8 Å². The monoisotopic (exact) mass is 746 g/mol. The summed E-state index contributed by atoms with van der Waals surface area (Å²) in [6.45, 7) is 16.5. The summed E-state index contributed by atoms with van der Waals surface area (Å²) in [7, 11) is -5.90. The molecule has 0 N–H and O–H groups in total. The highest BCUT2D eigenvalue weighted by molar-refractivity contribution is 7.00. The highest BCUT2D eigenvalue weighted by atomic mass is 28.4. The van der Waals surface area contributed by atoms with E-state index in [2.05, 4.69) is 176 Å². The number of rotatable bonds is 17. The molecule has 0 unspecified atom stereocenters. The average molecular weight is 747 g/mol. The fourth-order valence-corrected chi connectivity index (χ4v) is 17.5. The molecule has 0 spiro atoms. The van der Waals surface area contributed by atoms with Crippen molar-refractivity contribution in [3.05, 3.63) is 133 Å². The number of hydrogen-bond acceptors (Lipinski definition) is 4. The van der Waals surface area contributed by atoms with Crippen molar-refractivity contribution in [2.24, 2.45) is 0 Å². The van der Waals surface area contributed by atoms with Crippen LogP contribution in [0, 0.1) is 0 Å². The second kappa shape index (κ2) is 17.7. The first-order valence-electron chi connectivity index (χ1n) is 19.8. The number of allylic oxidation sites excluding steroid dienone is 1. The van der Waals surface area contributed by atoms with E-state index in [1.54, 1.807) is 0 Å². The van der Waals surface area contributed by atoms with Crippen molar-refractivity contribution in [1.29, 1.82) is 0 Å². The van der Waals surface area contributed by atoms with Crippen molar-refractivity contribution in [2.45, 2.75) is 116 Å². The molecule has 4 aromatic rings. The van der Waals surface area contributed by atoms with Gasteiger partial charge in [-0.15, -0.1) is 0 Å². The van der Waals surface area contributed by atoms with E-state index in [-0.39, 0.29) is 29.3 Å². The normalized spacial score (nSPS) is 15.8. The fourth-order valence-electron chi connectivity index (χ4n) is 8.28. The SMILES string of the molecule is CCCCCCCC/C=C1/CC(CO[Si](c2ccccc2)(c2ccccc2)C(C)(C)C)(CO[Si](c2ccccc2)(c2ccccc2)C(C)(C)C)OC1=O. The van der Waals surface area contributed by atoms with Gasteiger partial charge in [-0.1, -0.05) is 208 Å². The van der Waals surface area contributed by atoms with Crippen LogP contribution in [-0.4, -0.2) is 41.4 Å². The first kappa shape index (κ1) is 40.6. The Labute approximate surface area is 322 Å². The average Bonchev–Trinajstić information content (AvgIpc) is 3.47. The molecule has 1 saturated heterocycles. The molecule has 4 aromatic carbocycles. The van der Waals surface area contributed by atoms with E-state index in [4.69, 9.17) is 13.6 Å². The standard InChI is InChI=1S/C47H62O4Si2/c1-8-9-10-11-12-13-18-27-39-36-47(51-44(39)48,37-49-52(45(2,3)4,40-28-19-14-20-29-40)41-30-21-15-22-31-41)38-50-53(46(5,6)7,42-32-23-16-24-33-42)43-34-25-17-26-35-43/h14-17,19-35H,8-13,18,36-38H2,1-7H3/b39-27-. The van der Waals surface area contributed by atoms with Crippen molar-refractivity contribution in [2.75, 3.05) is 13.2 Å². The minimum atomic E-state index is -2.95. The Morgan fingerprint density at radius 3 is 1.30 bits per heavy atom. The molecular formula is C47H62O4Si2. The van der Waals surface area contributed by atoms with Gasteiger partial charge in [-0.05, 0) is 43.7 Å². The summed E-state index contributed by atoms with van der Waals surface area (Å²) >= 11 is 0. The first-order chi connectivity index (χ1) is 25.4. The molecule has 6 heteroatoms. The maximum absolute atomic E-state index is 13.9. The number of cyclic esters (lactones) is 1. The summed E-state index contributed by atoms with van der Waals surface area (Å²) < 4.78 is 21.7. The van der Waals surface area contributed by atoms with Crippen LogP contribution >= 0.6 is 0 Å². The molecule has 1 heterocycles.